The van der Waals surface area contributed by atoms with Crippen molar-refractivity contribution in [3.05, 3.63) is 77.8 Å². The molecule has 0 unspecified atom stereocenters. The van der Waals surface area contributed by atoms with Crippen LogP contribution in [0, 0.1) is 17.5 Å². The second kappa shape index (κ2) is 6.00. The zero-order chi connectivity index (χ0) is 16.4. The summed E-state index contributed by atoms with van der Waals surface area (Å²) in [5.74, 6) is -3.10. The minimum Gasteiger partial charge on any atom is -0.451 e. The molecule has 1 N–H and O–H groups in total. The largest absolute Gasteiger partial charge is 0.451 e. The molecule has 0 aliphatic rings. The maximum atomic E-state index is 13.7. The van der Waals surface area contributed by atoms with Gasteiger partial charge in [-0.1, -0.05) is 12.1 Å². The van der Waals surface area contributed by atoms with Crippen LogP contribution in [-0.4, -0.2) is 5.91 Å². The van der Waals surface area contributed by atoms with E-state index < -0.39 is 23.4 Å². The third-order valence-electron chi connectivity index (χ3n) is 3.15. The molecule has 0 saturated carbocycles. The van der Waals surface area contributed by atoms with Crippen molar-refractivity contribution in [3.8, 4) is 11.3 Å². The SMILES string of the molecule is O=C(Nc1ccc(F)c(F)c1)c1ccc(-c2ccccc2F)o1. The quantitative estimate of drug-likeness (QED) is 0.766. The summed E-state index contributed by atoms with van der Waals surface area (Å²) < 4.78 is 45.0. The van der Waals surface area contributed by atoms with E-state index in [-0.39, 0.29) is 22.8 Å². The Labute approximate surface area is 129 Å². The highest BCUT2D eigenvalue weighted by Crippen LogP contribution is 2.25. The molecule has 1 heterocycles. The predicted octanol–water partition coefficient (Wildman–Crippen LogP) is 4.62. The number of hydrogen-bond donors (Lipinski definition) is 1. The summed E-state index contributed by atoms with van der Waals surface area (Å²) in [7, 11) is 0. The van der Waals surface area contributed by atoms with Crippen molar-refractivity contribution in [3.63, 3.8) is 0 Å². The summed E-state index contributed by atoms with van der Waals surface area (Å²) in [4.78, 5) is 12.0. The Morgan fingerprint density at radius 3 is 2.39 bits per heavy atom. The van der Waals surface area contributed by atoms with E-state index in [4.69, 9.17) is 4.42 Å². The molecule has 0 radical (unpaired) electrons. The lowest BCUT2D eigenvalue weighted by Gasteiger charge is -2.04. The van der Waals surface area contributed by atoms with Gasteiger partial charge >= 0.3 is 0 Å². The molecule has 1 amide bonds. The van der Waals surface area contributed by atoms with Gasteiger partial charge in [-0.15, -0.1) is 0 Å². The summed E-state index contributed by atoms with van der Waals surface area (Å²) in [6, 6.07) is 11.8. The Morgan fingerprint density at radius 2 is 1.65 bits per heavy atom. The molecule has 0 saturated heterocycles. The normalized spacial score (nSPS) is 10.6. The van der Waals surface area contributed by atoms with Gasteiger partial charge in [0.2, 0.25) is 0 Å². The molecule has 3 aromatic rings. The van der Waals surface area contributed by atoms with Gasteiger partial charge in [-0.05, 0) is 36.4 Å². The fourth-order valence-electron chi connectivity index (χ4n) is 2.03. The van der Waals surface area contributed by atoms with Crippen molar-refractivity contribution >= 4 is 11.6 Å². The van der Waals surface area contributed by atoms with Crippen molar-refractivity contribution in [2.45, 2.75) is 0 Å². The molecule has 1 aromatic heterocycles. The monoisotopic (exact) mass is 317 g/mol. The van der Waals surface area contributed by atoms with Gasteiger partial charge in [0.1, 0.15) is 11.6 Å². The third kappa shape index (κ3) is 3.11. The van der Waals surface area contributed by atoms with E-state index >= 15 is 0 Å². The number of amides is 1. The van der Waals surface area contributed by atoms with Gasteiger partial charge in [0.25, 0.3) is 5.91 Å². The standard InChI is InChI=1S/C17H10F3NO2/c18-12-4-2-1-3-11(12)15-7-8-16(23-15)17(22)21-10-5-6-13(19)14(20)9-10/h1-9H,(H,21,22). The molecule has 2 aromatic carbocycles. The Kier molecular flexibility index (Phi) is 3.89. The molecule has 23 heavy (non-hydrogen) atoms. The fraction of sp³-hybridized carbons (Fsp3) is 0. The van der Waals surface area contributed by atoms with Crippen LogP contribution in [0.25, 0.3) is 11.3 Å². The van der Waals surface area contributed by atoms with E-state index in [2.05, 4.69) is 5.32 Å². The van der Waals surface area contributed by atoms with Crippen LogP contribution in [0.4, 0.5) is 18.9 Å². The van der Waals surface area contributed by atoms with E-state index in [0.29, 0.717) is 0 Å². The molecule has 0 fully saturated rings. The summed E-state index contributed by atoms with van der Waals surface area (Å²) in [6.07, 6.45) is 0. The highest BCUT2D eigenvalue weighted by molar-refractivity contribution is 6.02. The smallest absolute Gasteiger partial charge is 0.291 e. The number of halogens is 3. The van der Waals surface area contributed by atoms with Gasteiger partial charge in [0, 0.05) is 11.8 Å². The number of benzene rings is 2. The molecule has 0 bridgehead atoms. The van der Waals surface area contributed by atoms with Crippen LogP contribution >= 0.6 is 0 Å². The first-order valence-electron chi connectivity index (χ1n) is 6.66. The molecule has 3 rings (SSSR count). The second-order valence-electron chi connectivity index (χ2n) is 4.73. The van der Waals surface area contributed by atoms with E-state index in [1.54, 1.807) is 12.1 Å². The molecule has 116 valence electrons. The van der Waals surface area contributed by atoms with Crippen molar-refractivity contribution in [1.82, 2.24) is 0 Å². The summed E-state index contributed by atoms with van der Waals surface area (Å²) in [6.45, 7) is 0. The van der Waals surface area contributed by atoms with E-state index in [1.807, 2.05) is 0 Å². The lowest BCUT2D eigenvalue weighted by molar-refractivity contribution is 0.0997. The average molecular weight is 317 g/mol. The maximum absolute atomic E-state index is 13.7. The topological polar surface area (TPSA) is 42.2 Å². The van der Waals surface area contributed by atoms with Gasteiger partial charge in [-0.3, -0.25) is 4.79 Å². The van der Waals surface area contributed by atoms with Crippen molar-refractivity contribution in [2.24, 2.45) is 0 Å². The van der Waals surface area contributed by atoms with E-state index in [9.17, 15) is 18.0 Å². The van der Waals surface area contributed by atoms with Crippen molar-refractivity contribution in [2.75, 3.05) is 5.32 Å². The summed E-state index contributed by atoms with van der Waals surface area (Å²) >= 11 is 0. The molecular weight excluding hydrogens is 307 g/mol. The number of carbonyl (C=O) groups is 1. The number of anilines is 1. The Morgan fingerprint density at radius 1 is 0.870 bits per heavy atom. The minimum absolute atomic E-state index is 0.0759. The Balaban J connectivity index is 1.81. The second-order valence-corrected chi connectivity index (χ2v) is 4.73. The first kappa shape index (κ1) is 14.9. The zero-order valence-corrected chi connectivity index (χ0v) is 11.6. The lowest BCUT2D eigenvalue weighted by Crippen LogP contribution is -2.11. The van der Waals surface area contributed by atoms with Crippen LogP contribution in [0.15, 0.2) is 59.0 Å². The Bertz CT molecular complexity index is 874. The first-order chi connectivity index (χ1) is 11.0. The highest BCUT2D eigenvalue weighted by Gasteiger charge is 2.15. The summed E-state index contributed by atoms with van der Waals surface area (Å²) in [5.41, 5.74) is 0.303. The van der Waals surface area contributed by atoms with Gasteiger partial charge < -0.3 is 9.73 Å². The van der Waals surface area contributed by atoms with Gasteiger partial charge in [-0.25, -0.2) is 13.2 Å². The molecule has 0 atom stereocenters. The van der Waals surface area contributed by atoms with Crippen LogP contribution in [0.1, 0.15) is 10.6 Å². The number of rotatable bonds is 3. The number of carbonyl (C=O) groups excluding carboxylic acids is 1. The van der Waals surface area contributed by atoms with Crippen molar-refractivity contribution in [1.29, 1.82) is 0 Å². The van der Waals surface area contributed by atoms with Crippen molar-refractivity contribution < 1.29 is 22.4 Å². The fourth-order valence-corrected chi connectivity index (χ4v) is 2.03. The predicted molar refractivity (Wildman–Crippen MR) is 78.4 cm³/mol. The van der Waals surface area contributed by atoms with Crippen LogP contribution in [0.3, 0.4) is 0 Å². The highest BCUT2D eigenvalue weighted by atomic mass is 19.2. The molecule has 0 spiro atoms. The van der Waals surface area contributed by atoms with Crippen LogP contribution in [0.5, 0.6) is 0 Å². The van der Waals surface area contributed by atoms with E-state index in [1.165, 1.54) is 30.3 Å². The first-order valence-corrected chi connectivity index (χ1v) is 6.66. The molecule has 6 heteroatoms. The zero-order valence-electron chi connectivity index (χ0n) is 11.6. The number of hydrogen-bond acceptors (Lipinski definition) is 2. The van der Waals surface area contributed by atoms with Gasteiger partial charge in [-0.2, -0.15) is 0 Å². The van der Waals surface area contributed by atoms with Crippen LogP contribution in [0.2, 0.25) is 0 Å². The average Bonchev–Trinajstić information content (AvgIpc) is 3.01. The lowest BCUT2D eigenvalue weighted by atomic mass is 10.1. The van der Waals surface area contributed by atoms with Crippen LogP contribution < -0.4 is 5.32 Å². The van der Waals surface area contributed by atoms with Gasteiger partial charge in [0.15, 0.2) is 17.4 Å². The maximum Gasteiger partial charge on any atom is 0.291 e. The molecule has 0 aliphatic carbocycles. The molecule has 0 aliphatic heterocycles. The van der Waals surface area contributed by atoms with Gasteiger partial charge in [0.05, 0.1) is 5.56 Å². The van der Waals surface area contributed by atoms with E-state index in [0.717, 1.165) is 12.1 Å². The molecular formula is C17H10F3NO2. The van der Waals surface area contributed by atoms with Crippen LogP contribution in [-0.2, 0) is 0 Å². The minimum atomic E-state index is -1.07. The molecule has 3 nitrogen and oxygen atoms in total. The number of furan rings is 1. The summed E-state index contributed by atoms with van der Waals surface area (Å²) in [5, 5.41) is 2.37. The third-order valence-corrected chi connectivity index (χ3v) is 3.15. The number of nitrogens with one attached hydrogen (secondary N) is 1. The Hall–Kier alpha value is -3.02.